The fourth-order valence-corrected chi connectivity index (χ4v) is 1.82. The van der Waals surface area contributed by atoms with Gasteiger partial charge in [-0.15, -0.1) is 0 Å². The minimum atomic E-state index is 0.691. The van der Waals surface area contributed by atoms with Crippen molar-refractivity contribution in [3.8, 4) is 0 Å². The van der Waals surface area contributed by atoms with E-state index in [1.54, 1.807) is 0 Å². The van der Waals surface area contributed by atoms with Gasteiger partial charge in [0.2, 0.25) is 0 Å². The lowest BCUT2D eigenvalue weighted by atomic mass is 10.1. The Hall–Kier alpha value is -1.67. The number of aryl methyl sites for hydroxylation is 2. The van der Waals surface area contributed by atoms with Crippen molar-refractivity contribution in [1.29, 1.82) is 0 Å². The molecule has 0 saturated carbocycles. The van der Waals surface area contributed by atoms with E-state index < -0.39 is 0 Å². The number of rotatable bonds is 2. The number of hydrogen-bond donors (Lipinski definition) is 2. The summed E-state index contributed by atoms with van der Waals surface area (Å²) in [7, 11) is 0. The summed E-state index contributed by atoms with van der Waals surface area (Å²) in [6.07, 6.45) is 0. The third kappa shape index (κ3) is 2.71. The molecule has 0 atom stereocenters. The molecule has 0 bridgehead atoms. The summed E-state index contributed by atoms with van der Waals surface area (Å²) in [5, 5.41) is 3.96. The van der Waals surface area contributed by atoms with E-state index >= 15 is 0 Å². The van der Waals surface area contributed by atoms with E-state index in [9.17, 15) is 0 Å². The summed E-state index contributed by atoms with van der Waals surface area (Å²) >= 11 is 6.13. The second kappa shape index (κ2) is 4.68. The highest BCUT2D eigenvalue weighted by atomic mass is 35.5. The number of nitrogens with two attached hydrogens (primary N) is 1. The standard InChI is InChI=1S/C14H15ClN2/c1-9-3-5-11(15)13(7-9)17-14-8-10(2)4-6-12(14)16/h3-8,17H,16H2,1-2H3. The van der Waals surface area contributed by atoms with Crippen LogP contribution in [0.1, 0.15) is 11.1 Å². The molecule has 0 unspecified atom stereocenters. The lowest BCUT2D eigenvalue weighted by molar-refractivity contribution is 1.42. The molecule has 0 aliphatic rings. The van der Waals surface area contributed by atoms with Crippen LogP contribution >= 0.6 is 11.6 Å². The second-order valence-electron chi connectivity index (χ2n) is 4.20. The van der Waals surface area contributed by atoms with Crippen LogP contribution in [0.3, 0.4) is 0 Å². The zero-order valence-electron chi connectivity index (χ0n) is 9.92. The normalized spacial score (nSPS) is 10.3. The molecule has 0 amide bonds. The Morgan fingerprint density at radius 2 is 1.53 bits per heavy atom. The van der Waals surface area contributed by atoms with Gasteiger partial charge in [0, 0.05) is 0 Å². The molecule has 0 saturated heterocycles. The third-order valence-electron chi connectivity index (χ3n) is 2.60. The highest BCUT2D eigenvalue weighted by molar-refractivity contribution is 6.33. The van der Waals surface area contributed by atoms with Gasteiger partial charge in [0.05, 0.1) is 22.1 Å². The first-order valence-corrected chi connectivity index (χ1v) is 5.83. The fourth-order valence-electron chi connectivity index (χ4n) is 1.66. The van der Waals surface area contributed by atoms with Crippen LogP contribution in [0.2, 0.25) is 5.02 Å². The van der Waals surface area contributed by atoms with Gasteiger partial charge in [-0.05, 0) is 49.2 Å². The first kappa shape index (κ1) is 11.8. The van der Waals surface area contributed by atoms with E-state index in [0.29, 0.717) is 10.7 Å². The topological polar surface area (TPSA) is 38.0 Å². The van der Waals surface area contributed by atoms with Gasteiger partial charge in [-0.2, -0.15) is 0 Å². The first-order valence-electron chi connectivity index (χ1n) is 5.45. The van der Waals surface area contributed by atoms with Gasteiger partial charge in [0.15, 0.2) is 0 Å². The number of nitrogen functional groups attached to an aromatic ring is 1. The molecule has 0 radical (unpaired) electrons. The quantitative estimate of drug-likeness (QED) is 0.776. The highest BCUT2D eigenvalue weighted by Gasteiger charge is 2.04. The SMILES string of the molecule is Cc1ccc(N)c(Nc2cc(C)ccc2Cl)c1. The Morgan fingerprint density at radius 1 is 0.941 bits per heavy atom. The molecular weight excluding hydrogens is 232 g/mol. The largest absolute Gasteiger partial charge is 0.397 e. The molecule has 2 rings (SSSR count). The predicted octanol–water partition coefficient (Wildman–Crippen LogP) is 4.28. The number of halogens is 1. The summed E-state index contributed by atoms with van der Waals surface area (Å²) in [5.41, 5.74) is 10.7. The van der Waals surface area contributed by atoms with Crippen LogP contribution in [0.25, 0.3) is 0 Å². The summed E-state index contributed by atoms with van der Waals surface area (Å²) in [4.78, 5) is 0. The Morgan fingerprint density at radius 3 is 2.24 bits per heavy atom. The number of nitrogens with one attached hydrogen (secondary N) is 1. The first-order chi connectivity index (χ1) is 8.06. The maximum absolute atomic E-state index is 6.13. The Bertz CT molecular complexity index is 500. The van der Waals surface area contributed by atoms with Crippen LogP contribution < -0.4 is 11.1 Å². The van der Waals surface area contributed by atoms with Crippen LogP contribution in [0.5, 0.6) is 0 Å². The summed E-state index contributed by atoms with van der Waals surface area (Å²) in [5.74, 6) is 0. The lowest BCUT2D eigenvalue weighted by Gasteiger charge is -2.12. The van der Waals surface area contributed by atoms with Gasteiger partial charge in [-0.25, -0.2) is 0 Å². The van der Waals surface area contributed by atoms with Crippen molar-refractivity contribution in [3.05, 3.63) is 52.5 Å². The molecule has 0 heterocycles. The van der Waals surface area contributed by atoms with Crippen molar-refractivity contribution in [3.63, 3.8) is 0 Å². The van der Waals surface area contributed by atoms with Gasteiger partial charge >= 0.3 is 0 Å². The summed E-state index contributed by atoms with van der Waals surface area (Å²) in [6, 6.07) is 11.7. The van der Waals surface area contributed by atoms with Crippen molar-refractivity contribution in [2.75, 3.05) is 11.1 Å². The summed E-state index contributed by atoms with van der Waals surface area (Å²) < 4.78 is 0. The molecule has 3 N–H and O–H groups in total. The molecule has 3 heteroatoms. The number of hydrogen-bond acceptors (Lipinski definition) is 2. The maximum Gasteiger partial charge on any atom is 0.0641 e. The molecule has 2 aromatic carbocycles. The van der Waals surface area contributed by atoms with Crippen molar-refractivity contribution in [2.45, 2.75) is 13.8 Å². The third-order valence-corrected chi connectivity index (χ3v) is 2.93. The van der Waals surface area contributed by atoms with Crippen LogP contribution in [-0.2, 0) is 0 Å². The van der Waals surface area contributed by atoms with Gasteiger partial charge in [-0.1, -0.05) is 23.7 Å². The van der Waals surface area contributed by atoms with Gasteiger partial charge in [0.1, 0.15) is 0 Å². The monoisotopic (exact) mass is 246 g/mol. The molecule has 0 aliphatic heterocycles. The molecule has 0 fully saturated rings. The molecule has 2 aromatic rings. The van der Waals surface area contributed by atoms with Gasteiger partial charge in [0.25, 0.3) is 0 Å². The van der Waals surface area contributed by atoms with Crippen molar-refractivity contribution < 1.29 is 0 Å². The Balaban J connectivity index is 2.37. The second-order valence-corrected chi connectivity index (χ2v) is 4.61. The number of benzene rings is 2. The summed E-state index contributed by atoms with van der Waals surface area (Å²) in [6.45, 7) is 4.06. The highest BCUT2D eigenvalue weighted by Crippen LogP contribution is 2.29. The van der Waals surface area contributed by atoms with Gasteiger partial charge < -0.3 is 11.1 Å². The van der Waals surface area contributed by atoms with E-state index in [1.807, 2.05) is 50.2 Å². The van der Waals surface area contributed by atoms with Crippen LogP contribution in [0.15, 0.2) is 36.4 Å². The molecule has 0 aliphatic carbocycles. The number of anilines is 3. The minimum absolute atomic E-state index is 0.691. The molecule has 0 spiro atoms. The molecule has 2 nitrogen and oxygen atoms in total. The van der Waals surface area contributed by atoms with Crippen LogP contribution in [0, 0.1) is 13.8 Å². The van der Waals surface area contributed by atoms with Crippen LogP contribution in [0.4, 0.5) is 17.1 Å². The van der Waals surface area contributed by atoms with Crippen molar-refractivity contribution >= 4 is 28.7 Å². The zero-order chi connectivity index (χ0) is 12.4. The average Bonchev–Trinajstić information content (AvgIpc) is 2.28. The Labute approximate surface area is 106 Å². The maximum atomic E-state index is 6.13. The van der Waals surface area contributed by atoms with Gasteiger partial charge in [-0.3, -0.25) is 0 Å². The van der Waals surface area contributed by atoms with E-state index in [-0.39, 0.29) is 0 Å². The Kier molecular flexibility index (Phi) is 3.25. The van der Waals surface area contributed by atoms with E-state index in [0.717, 1.165) is 22.5 Å². The van der Waals surface area contributed by atoms with E-state index in [1.165, 1.54) is 0 Å². The fraction of sp³-hybridized carbons (Fsp3) is 0.143. The minimum Gasteiger partial charge on any atom is -0.397 e. The lowest BCUT2D eigenvalue weighted by Crippen LogP contribution is -1.97. The zero-order valence-corrected chi connectivity index (χ0v) is 10.7. The average molecular weight is 247 g/mol. The van der Waals surface area contributed by atoms with E-state index in [2.05, 4.69) is 5.32 Å². The molecule has 17 heavy (non-hydrogen) atoms. The van der Waals surface area contributed by atoms with E-state index in [4.69, 9.17) is 17.3 Å². The predicted molar refractivity (Wildman–Crippen MR) is 75.1 cm³/mol. The molecule has 88 valence electrons. The van der Waals surface area contributed by atoms with Crippen molar-refractivity contribution in [1.82, 2.24) is 0 Å². The smallest absolute Gasteiger partial charge is 0.0641 e. The molecule has 0 aromatic heterocycles. The molecular formula is C14H15ClN2. The van der Waals surface area contributed by atoms with Crippen LogP contribution in [-0.4, -0.2) is 0 Å². The van der Waals surface area contributed by atoms with Crippen molar-refractivity contribution in [2.24, 2.45) is 0 Å².